The van der Waals surface area contributed by atoms with Crippen molar-refractivity contribution in [3.63, 3.8) is 0 Å². The molecule has 0 aliphatic carbocycles. The molecule has 0 aliphatic rings. The Kier molecular flexibility index (Phi) is 6.62. The van der Waals surface area contributed by atoms with Gasteiger partial charge in [-0.3, -0.25) is 14.8 Å². The Morgan fingerprint density at radius 2 is 1.72 bits per heavy atom. The molecular weight excluding hydrogens is 421 g/mol. The number of aliphatic imine (C=N–C) groups is 1. The largest absolute Gasteiger partial charge is 0.493 e. The molecule has 0 bridgehead atoms. The molecule has 0 amide bonds. The molecule has 1 heterocycles. The fourth-order valence-corrected chi connectivity index (χ4v) is 3.22. The summed E-state index contributed by atoms with van der Waals surface area (Å²) < 4.78 is 30.8. The normalized spacial score (nSPS) is 11.3. The van der Waals surface area contributed by atoms with Gasteiger partial charge in [-0.15, -0.1) is 0 Å². The molecule has 0 atom stereocenters. The Labute approximate surface area is 182 Å². The van der Waals surface area contributed by atoms with E-state index in [1.54, 1.807) is 12.1 Å². The van der Waals surface area contributed by atoms with Gasteiger partial charge in [0.25, 0.3) is 5.56 Å². The number of aromatic amines is 1. The molecule has 0 fully saturated rings. The van der Waals surface area contributed by atoms with Crippen LogP contribution in [-0.2, 0) is 6.54 Å². The van der Waals surface area contributed by atoms with E-state index in [1.807, 2.05) is 0 Å². The zero-order valence-electron chi connectivity index (χ0n) is 17.9. The van der Waals surface area contributed by atoms with Crippen LogP contribution in [0.5, 0.6) is 23.1 Å². The second kappa shape index (κ2) is 9.38. The van der Waals surface area contributed by atoms with E-state index in [-0.39, 0.29) is 23.5 Å². The van der Waals surface area contributed by atoms with Crippen molar-refractivity contribution in [1.82, 2.24) is 9.55 Å². The molecule has 0 spiro atoms. The molecule has 3 aromatic rings. The minimum absolute atomic E-state index is 0.0975. The molecule has 0 unspecified atom stereocenters. The Morgan fingerprint density at radius 1 is 1.09 bits per heavy atom. The van der Waals surface area contributed by atoms with Crippen LogP contribution in [0.3, 0.4) is 0 Å². The first-order valence-corrected chi connectivity index (χ1v) is 9.45. The number of nitrogens with zero attached hydrogens (tertiary/aromatic N) is 2. The smallest absolute Gasteiger partial charge is 0.335 e. The number of nitrogens with one attached hydrogen (secondary N) is 1. The van der Waals surface area contributed by atoms with E-state index in [4.69, 9.17) is 14.2 Å². The Morgan fingerprint density at radius 3 is 2.28 bits per heavy atom. The summed E-state index contributed by atoms with van der Waals surface area (Å²) in [5, 5.41) is 10.7. The van der Waals surface area contributed by atoms with E-state index in [1.165, 1.54) is 46.5 Å². The van der Waals surface area contributed by atoms with Crippen molar-refractivity contribution in [2.45, 2.75) is 13.5 Å². The molecule has 3 rings (SSSR count). The second-order valence-corrected chi connectivity index (χ2v) is 6.68. The van der Waals surface area contributed by atoms with Crippen molar-refractivity contribution in [1.29, 1.82) is 0 Å². The number of benzene rings is 2. The first kappa shape index (κ1) is 22.6. The molecule has 1 aromatic heterocycles. The lowest BCUT2D eigenvalue weighted by molar-refractivity contribution is 0.324. The van der Waals surface area contributed by atoms with E-state index in [2.05, 4.69) is 9.98 Å². The van der Waals surface area contributed by atoms with Crippen LogP contribution in [0.4, 0.5) is 4.39 Å². The molecule has 32 heavy (non-hydrogen) atoms. The van der Waals surface area contributed by atoms with Gasteiger partial charge in [0.05, 0.1) is 39.3 Å². The summed E-state index contributed by atoms with van der Waals surface area (Å²) in [6.45, 7) is 1.60. The maximum Gasteiger partial charge on any atom is 0.335 e. The fraction of sp³-hybridized carbons (Fsp3) is 0.227. The second-order valence-electron chi connectivity index (χ2n) is 6.68. The molecule has 168 valence electrons. The monoisotopic (exact) mass is 443 g/mol. The summed E-state index contributed by atoms with van der Waals surface area (Å²) in [6.07, 6.45) is 0. The number of H-pyrrole nitrogens is 1. The van der Waals surface area contributed by atoms with Gasteiger partial charge in [0.15, 0.2) is 11.5 Å². The van der Waals surface area contributed by atoms with Crippen molar-refractivity contribution >= 4 is 5.71 Å². The summed E-state index contributed by atoms with van der Waals surface area (Å²) in [6, 6.07) is 8.78. The predicted molar refractivity (Wildman–Crippen MR) is 116 cm³/mol. The van der Waals surface area contributed by atoms with Gasteiger partial charge in [-0.25, -0.2) is 13.8 Å². The minimum atomic E-state index is -0.973. The molecule has 0 saturated heterocycles. The number of hydrogen-bond acceptors (Lipinski definition) is 7. The van der Waals surface area contributed by atoms with E-state index in [0.717, 1.165) is 6.07 Å². The Balaban J connectivity index is 2.06. The van der Waals surface area contributed by atoms with Crippen LogP contribution in [0.25, 0.3) is 5.69 Å². The van der Waals surface area contributed by atoms with Crippen LogP contribution in [0.1, 0.15) is 18.1 Å². The maximum atomic E-state index is 14.2. The molecule has 9 nitrogen and oxygen atoms in total. The zero-order chi connectivity index (χ0) is 23.4. The lowest BCUT2D eigenvalue weighted by Crippen LogP contribution is -2.33. The van der Waals surface area contributed by atoms with Gasteiger partial charge >= 0.3 is 5.69 Å². The van der Waals surface area contributed by atoms with Gasteiger partial charge in [0.2, 0.25) is 11.6 Å². The molecule has 0 aliphatic heterocycles. The third-order valence-corrected chi connectivity index (χ3v) is 4.76. The SMILES string of the molecule is COc1cc(CN=C(C)c2c(O)n(-c3ccccc3F)c(=O)[nH]c2=O)cc(OC)c1OC. The number of para-hydroxylation sites is 1. The van der Waals surface area contributed by atoms with Crippen molar-refractivity contribution in [3.05, 3.63) is 74.2 Å². The van der Waals surface area contributed by atoms with Crippen LogP contribution in [-0.4, -0.2) is 41.7 Å². The number of rotatable bonds is 7. The van der Waals surface area contributed by atoms with Crippen LogP contribution in [0, 0.1) is 5.82 Å². The number of ether oxygens (including phenoxy) is 3. The Bertz CT molecular complexity index is 1270. The average Bonchev–Trinajstić information content (AvgIpc) is 2.77. The number of aromatic nitrogens is 2. The molecule has 0 radical (unpaired) electrons. The quantitative estimate of drug-likeness (QED) is 0.542. The van der Waals surface area contributed by atoms with Gasteiger partial charge in [-0.2, -0.15) is 0 Å². The van der Waals surface area contributed by atoms with E-state index >= 15 is 0 Å². The summed E-state index contributed by atoms with van der Waals surface area (Å²) in [5.74, 6) is -0.164. The summed E-state index contributed by atoms with van der Waals surface area (Å²) in [7, 11) is 4.46. The minimum Gasteiger partial charge on any atom is -0.493 e. The Hall–Kier alpha value is -4.08. The topological polar surface area (TPSA) is 115 Å². The number of aromatic hydroxyl groups is 1. The lowest BCUT2D eigenvalue weighted by atomic mass is 10.1. The van der Waals surface area contributed by atoms with Crippen molar-refractivity contribution in [2.24, 2.45) is 4.99 Å². The third kappa shape index (κ3) is 4.20. The molecule has 2 N–H and O–H groups in total. The first-order valence-electron chi connectivity index (χ1n) is 9.45. The van der Waals surface area contributed by atoms with Crippen molar-refractivity contribution in [3.8, 4) is 28.8 Å². The van der Waals surface area contributed by atoms with Gasteiger partial charge in [-0.1, -0.05) is 12.1 Å². The highest BCUT2D eigenvalue weighted by Gasteiger charge is 2.20. The van der Waals surface area contributed by atoms with Crippen LogP contribution < -0.4 is 25.5 Å². The lowest BCUT2D eigenvalue weighted by Gasteiger charge is -2.14. The highest BCUT2D eigenvalue weighted by Crippen LogP contribution is 2.38. The van der Waals surface area contributed by atoms with Gasteiger partial charge < -0.3 is 19.3 Å². The number of halogens is 1. The number of hydrogen-bond donors (Lipinski definition) is 2. The van der Waals surface area contributed by atoms with Gasteiger partial charge in [0, 0.05) is 0 Å². The molecule has 10 heteroatoms. The van der Waals surface area contributed by atoms with Crippen molar-refractivity contribution < 1.29 is 23.7 Å². The fourth-order valence-electron chi connectivity index (χ4n) is 3.22. The highest BCUT2D eigenvalue weighted by molar-refractivity contribution is 6.00. The first-order chi connectivity index (χ1) is 15.3. The van der Waals surface area contributed by atoms with E-state index < -0.39 is 22.9 Å². The standard InChI is InChI=1S/C22H22FN3O6/c1-12(24-11-13-9-16(30-2)19(32-4)17(10-13)31-3)18-20(27)25-22(29)26(21(18)28)15-8-6-5-7-14(15)23/h5-10,28H,11H2,1-4H3,(H,25,27,29). The van der Waals surface area contributed by atoms with Crippen LogP contribution in [0.15, 0.2) is 51.0 Å². The van der Waals surface area contributed by atoms with Gasteiger partial charge in [0.1, 0.15) is 11.4 Å². The van der Waals surface area contributed by atoms with Gasteiger partial charge in [-0.05, 0) is 36.8 Å². The van der Waals surface area contributed by atoms with Crippen LogP contribution >= 0.6 is 0 Å². The maximum absolute atomic E-state index is 14.2. The number of methoxy groups -OCH3 is 3. The van der Waals surface area contributed by atoms with Crippen LogP contribution in [0.2, 0.25) is 0 Å². The zero-order valence-corrected chi connectivity index (χ0v) is 17.9. The summed E-state index contributed by atoms with van der Waals surface area (Å²) in [4.78, 5) is 31.1. The van der Waals surface area contributed by atoms with Crippen molar-refractivity contribution in [2.75, 3.05) is 21.3 Å². The summed E-state index contributed by atoms with van der Waals surface area (Å²) in [5.41, 5.74) is -1.45. The van der Waals surface area contributed by atoms with E-state index in [9.17, 15) is 19.1 Å². The third-order valence-electron chi connectivity index (χ3n) is 4.76. The molecule has 2 aromatic carbocycles. The predicted octanol–water partition coefficient (Wildman–Crippen LogP) is 2.41. The highest BCUT2D eigenvalue weighted by atomic mass is 19.1. The average molecular weight is 443 g/mol. The summed E-state index contributed by atoms with van der Waals surface area (Å²) >= 11 is 0. The molecular formula is C22H22FN3O6. The molecule has 0 saturated carbocycles. The van der Waals surface area contributed by atoms with E-state index in [0.29, 0.717) is 27.4 Å².